The van der Waals surface area contributed by atoms with Crippen molar-refractivity contribution in [1.82, 2.24) is 21.3 Å². The van der Waals surface area contributed by atoms with Crippen LogP contribution in [0, 0.1) is 5.92 Å². The van der Waals surface area contributed by atoms with E-state index in [9.17, 15) is 39.0 Å². The first kappa shape index (κ1) is 40.7. The number of rotatable bonds is 21. The zero-order valence-electron chi connectivity index (χ0n) is 28.2. The van der Waals surface area contributed by atoms with Crippen molar-refractivity contribution in [3.05, 3.63) is 71.8 Å². The van der Waals surface area contributed by atoms with Gasteiger partial charge in [-0.1, -0.05) is 74.5 Å². The Kier molecular flexibility index (Phi) is 16.9. The standard InChI is InChI=1S/C34H48N8O8/c1-20(2)28(42-29(45)23(35)18-21-10-5-3-6-11-21)32(48)40-25(15-16-27(43)44)31(47)39-24(14-9-17-38-34(36)37)30(46)41-26(33(49)50)19-22-12-7-4-8-13-22/h3-8,10-13,20,23-26,28H,9,14-19,35H2,1-2H3,(H,39,47)(H,40,48)(H,41,46)(H,42,45)(H,43,44)(H,49,50)(H4,36,37,38)/t23-,24-,25-,26-,28-/m0/s1. The van der Waals surface area contributed by atoms with Gasteiger partial charge in [0, 0.05) is 19.4 Å². The van der Waals surface area contributed by atoms with Gasteiger partial charge in [0.25, 0.3) is 0 Å². The molecule has 4 amide bonds. The van der Waals surface area contributed by atoms with Gasteiger partial charge in [0.1, 0.15) is 24.2 Å². The molecular weight excluding hydrogens is 648 g/mol. The second-order valence-electron chi connectivity index (χ2n) is 12.1. The smallest absolute Gasteiger partial charge is 0.326 e. The molecule has 0 radical (unpaired) electrons. The highest BCUT2D eigenvalue weighted by molar-refractivity contribution is 5.95. The third-order valence-corrected chi connectivity index (χ3v) is 7.64. The average Bonchev–Trinajstić information content (AvgIpc) is 3.06. The maximum absolute atomic E-state index is 13.6. The van der Waals surface area contributed by atoms with E-state index in [1.54, 1.807) is 56.3 Å². The predicted octanol–water partition coefficient (Wildman–Crippen LogP) is -0.603. The van der Waals surface area contributed by atoms with E-state index >= 15 is 0 Å². The molecule has 2 aromatic rings. The summed E-state index contributed by atoms with van der Waals surface area (Å²) in [6.45, 7) is 3.44. The quantitative estimate of drug-likeness (QED) is 0.0451. The average molecular weight is 697 g/mol. The number of guanidine groups is 1. The normalized spacial score (nSPS) is 13.8. The SMILES string of the molecule is CC(C)[C@H](NC(=O)[C@@H](N)Cc1ccccc1)C(=O)N[C@@H](CCC(=O)O)C(=O)N[C@@H](CCCN=C(N)N)C(=O)N[C@@H](Cc1ccccc1)C(=O)O. The molecule has 16 nitrogen and oxygen atoms in total. The lowest BCUT2D eigenvalue weighted by molar-refractivity contribution is -0.142. The summed E-state index contributed by atoms with van der Waals surface area (Å²) >= 11 is 0. The van der Waals surface area contributed by atoms with Gasteiger partial charge in [0.15, 0.2) is 5.96 Å². The van der Waals surface area contributed by atoms with E-state index in [-0.39, 0.29) is 44.6 Å². The Balaban J connectivity index is 2.24. The Hall–Kier alpha value is -5.51. The second-order valence-corrected chi connectivity index (χ2v) is 12.1. The van der Waals surface area contributed by atoms with E-state index in [1.165, 1.54) is 0 Å². The summed E-state index contributed by atoms with van der Waals surface area (Å²) in [5.41, 5.74) is 18.3. The summed E-state index contributed by atoms with van der Waals surface area (Å²) in [4.78, 5) is 80.8. The Morgan fingerprint density at radius 1 is 0.680 bits per heavy atom. The molecule has 0 aliphatic heterocycles. The minimum atomic E-state index is -1.44. The molecule has 0 saturated carbocycles. The molecule has 2 rings (SSSR count). The van der Waals surface area contributed by atoms with Crippen molar-refractivity contribution < 1.29 is 39.0 Å². The van der Waals surface area contributed by atoms with Gasteiger partial charge >= 0.3 is 11.9 Å². The summed E-state index contributed by atoms with van der Waals surface area (Å²) in [5.74, 6) is -6.28. The van der Waals surface area contributed by atoms with E-state index in [0.29, 0.717) is 5.56 Å². The summed E-state index contributed by atoms with van der Waals surface area (Å²) in [6.07, 6.45) is -0.528. The lowest BCUT2D eigenvalue weighted by Crippen LogP contribution is -2.59. The number of aliphatic carboxylic acids is 2. The van der Waals surface area contributed by atoms with Gasteiger partial charge in [0.2, 0.25) is 23.6 Å². The van der Waals surface area contributed by atoms with Crippen LogP contribution in [0.2, 0.25) is 0 Å². The molecule has 0 aromatic heterocycles. The van der Waals surface area contributed by atoms with E-state index in [4.69, 9.17) is 17.2 Å². The lowest BCUT2D eigenvalue weighted by atomic mass is 10.00. The molecule has 0 unspecified atom stereocenters. The molecule has 16 heteroatoms. The molecule has 0 heterocycles. The molecule has 5 atom stereocenters. The first-order valence-corrected chi connectivity index (χ1v) is 16.2. The van der Waals surface area contributed by atoms with Crippen LogP contribution in [0.5, 0.6) is 0 Å². The highest BCUT2D eigenvalue weighted by Gasteiger charge is 2.33. The molecule has 0 bridgehead atoms. The first-order valence-electron chi connectivity index (χ1n) is 16.2. The van der Waals surface area contributed by atoms with Gasteiger partial charge in [-0.3, -0.25) is 29.0 Å². The number of nitrogens with one attached hydrogen (secondary N) is 4. The van der Waals surface area contributed by atoms with E-state index in [2.05, 4.69) is 26.3 Å². The third kappa shape index (κ3) is 14.7. The molecule has 2 aromatic carbocycles. The van der Waals surface area contributed by atoms with Gasteiger partial charge < -0.3 is 48.7 Å². The number of hydrogen-bond acceptors (Lipinski definition) is 8. The van der Waals surface area contributed by atoms with E-state index < -0.39 is 78.1 Å². The zero-order chi connectivity index (χ0) is 37.2. The van der Waals surface area contributed by atoms with Gasteiger partial charge in [-0.15, -0.1) is 0 Å². The maximum Gasteiger partial charge on any atom is 0.326 e. The molecule has 12 N–H and O–H groups in total. The maximum atomic E-state index is 13.6. The van der Waals surface area contributed by atoms with Crippen LogP contribution < -0.4 is 38.5 Å². The van der Waals surface area contributed by atoms with Crippen LogP contribution in [-0.4, -0.2) is 88.5 Å². The van der Waals surface area contributed by atoms with Crippen molar-refractivity contribution in [1.29, 1.82) is 0 Å². The number of nitrogens with zero attached hydrogens (tertiary/aromatic N) is 1. The largest absolute Gasteiger partial charge is 0.481 e. The van der Waals surface area contributed by atoms with Gasteiger partial charge in [-0.05, 0) is 42.7 Å². The topological polar surface area (TPSA) is 281 Å². The molecule has 50 heavy (non-hydrogen) atoms. The number of carbonyl (C=O) groups is 6. The summed E-state index contributed by atoms with van der Waals surface area (Å²) in [6, 6.07) is 11.5. The number of benzene rings is 2. The highest BCUT2D eigenvalue weighted by atomic mass is 16.4. The molecular formula is C34H48N8O8. The predicted molar refractivity (Wildman–Crippen MR) is 185 cm³/mol. The number of aliphatic imine (C=N–C) groups is 1. The lowest BCUT2D eigenvalue weighted by Gasteiger charge is -2.27. The van der Waals surface area contributed by atoms with Crippen molar-refractivity contribution in [2.24, 2.45) is 28.1 Å². The number of amides is 4. The number of carboxylic acids is 2. The summed E-state index contributed by atoms with van der Waals surface area (Å²) in [5, 5.41) is 29.3. The van der Waals surface area contributed by atoms with Crippen molar-refractivity contribution in [2.75, 3.05) is 6.54 Å². The molecule has 0 aliphatic rings. The Bertz CT molecular complexity index is 1470. The summed E-state index contributed by atoms with van der Waals surface area (Å²) in [7, 11) is 0. The minimum absolute atomic E-state index is 0.0321. The fourth-order valence-electron chi connectivity index (χ4n) is 4.92. The third-order valence-electron chi connectivity index (χ3n) is 7.64. The van der Waals surface area contributed by atoms with E-state index in [1.807, 2.05) is 18.2 Å². The Morgan fingerprint density at radius 2 is 1.18 bits per heavy atom. The minimum Gasteiger partial charge on any atom is -0.481 e. The molecule has 0 aliphatic carbocycles. The Morgan fingerprint density at radius 3 is 1.68 bits per heavy atom. The first-order chi connectivity index (χ1) is 23.7. The fraction of sp³-hybridized carbons (Fsp3) is 0.441. The number of nitrogens with two attached hydrogens (primary N) is 3. The molecule has 272 valence electrons. The monoisotopic (exact) mass is 696 g/mol. The number of hydrogen-bond donors (Lipinski definition) is 9. The van der Waals surface area contributed by atoms with Crippen LogP contribution in [0.1, 0.15) is 50.7 Å². The van der Waals surface area contributed by atoms with Gasteiger partial charge in [-0.25, -0.2) is 4.79 Å². The van der Waals surface area contributed by atoms with Crippen LogP contribution in [0.4, 0.5) is 0 Å². The van der Waals surface area contributed by atoms with Crippen molar-refractivity contribution in [2.45, 2.75) is 82.6 Å². The van der Waals surface area contributed by atoms with Gasteiger partial charge in [0.05, 0.1) is 6.04 Å². The van der Waals surface area contributed by atoms with Crippen molar-refractivity contribution in [3.8, 4) is 0 Å². The number of carboxylic acid groups (broad SMARTS) is 2. The number of carbonyl (C=O) groups excluding carboxylic acids is 4. The second kappa shape index (κ2) is 20.8. The van der Waals surface area contributed by atoms with E-state index in [0.717, 1.165) is 5.56 Å². The molecule has 0 spiro atoms. The summed E-state index contributed by atoms with van der Waals surface area (Å²) < 4.78 is 0. The van der Waals surface area contributed by atoms with Crippen LogP contribution in [0.25, 0.3) is 0 Å². The Labute approximate surface area is 290 Å². The van der Waals surface area contributed by atoms with Crippen LogP contribution in [0.15, 0.2) is 65.7 Å². The van der Waals surface area contributed by atoms with Crippen LogP contribution in [0.3, 0.4) is 0 Å². The fourth-order valence-corrected chi connectivity index (χ4v) is 4.92. The zero-order valence-corrected chi connectivity index (χ0v) is 28.2. The van der Waals surface area contributed by atoms with Gasteiger partial charge in [-0.2, -0.15) is 0 Å². The van der Waals surface area contributed by atoms with Crippen LogP contribution in [-0.2, 0) is 41.6 Å². The molecule has 0 saturated heterocycles. The molecule has 0 fully saturated rings. The highest BCUT2D eigenvalue weighted by Crippen LogP contribution is 2.10. The van der Waals surface area contributed by atoms with Crippen molar-refractivity contribution in [3.63, 3.8) is 0 Å². The van der Waals surface area contributed by atoms with Crippen molar-refractivity contribution >= 4 is 41.5 Å². The van der Waals surface area contributed by atoms with Crippen LogP contribution >= 0.6 is 0 Å².